The van der Waals surface area contributed by atoms with Crippen molar-refractivity contribution in [2.75, 3.05) is 6.54 Å². The van der Waals surface area contributed by atoms with Gasteiger partial charge in [0.25, 0.3) is 5.91 Å². The smallest absolute Gasteiger partial charge is 0.259 e. The van der Waals surface area contributed by atoms with E-state index in [0.29, 0.717) is 30.4 Å². The summed E-state index contributed by atoms with van der Waals surface area (Å²) in [5.74, 6) is -0.104. The molecule has 0 bridgehead atoms. The molecule has 1 saturated heterocycles. The summed E-state index contributed by atoms with van der Waals surface area (Å²) in [5, 5.41) is 4.61. The second kappa shape index (κ2) is 12.3. The third-order valence-corrected chi connectivity index (χ3v) is 13.0. The number of sulfonamides is 1. The maximum absolute atomic E-state index is 14.2. The number of nitrogens with one attached hydrogen (secondary N) is 2. The predicted octanol–water partition coefficient (Wildman–Crippen LogP) is 4.40. The zero-order chi connectivity index (χ0) is 33.8. The zero-order valence-corrected chi connectivity index (χ0v) is 28.8. The van der Waals surface area contributed by atoms with Gasteiger partial charge in [0.15, 0.2) is 0 Å². The van der Waals surface area contributed by atoms with Crippen LogP contribution in [0.5, 0.6) is 11.6 Å². The second-order valence-corrected chi connectivity index (χ2v) is 17.3. The maximum Gasteiger partial charge on any atom is 0.259 e. The monoisotopic (exact) mass is 678 g/mol. The van der Waals surface area contributed by atoms with Crippen molar-refractivity contribution in [1.29, 1.82) is 0 Å². The molecule has 4 fully saturated rings. The first-order valence-electron chi connectivity index (χ1n) is 17.4. The first-order valence-corrected chi connectivity index (χ1v) is 18.9. The lowest BCUT2D eigenvalue weighted by Crippen LogP contribution is -2.57. The van der Waals surface area contributed by atoms with Gasteiger partial charge in [-0.05, 0) is 76.2 Å². The van der Waals surface area contributed by atoms with E-state index >= 15 is 0 Å². The normalized spacial score (nSPS) is 32.6. The highest BCUT2D eigenvalue weighted by molar-refractivity contribution is 7.91. The van der Waals surface area contributed by atoms with Gasteiger partial charge in [0, 0.05) is 29.5 Å². The standard InChI is InChI=1S/C36H46N4O7S/c1-22-8-4-5-9-24-19-36(24,34(43)39-48(44,45)35(3)14-15-35)38-32(42)29-18-26(21-40(29)31(41)17-23(2)16-22)47-33-28-11-7-6-10-27(28)30(20-37-33)46-25-12-13-25/h5-7,9-11,20,22-26,29H,4,8,12-19,21H2,1-3H3,(H,38,42)(H,39,43)/b9-5-/t22-,23-,24-,26-,29+,36-/m1/s1. The van der Waals surface area contributed by atoms with Crippen LogP contribution in [0.3, 0.4) is 0 Å². The Hall–Kier alpha value is -3.67. The van der Waals surface area contributed by atoms with Crippen LogP contribution in [-0.2, 0) is 24.4 Å². The largest absolute Gasteiger partial charge is 0.488 e. The number of allylic oxidation sites excluding steroid dienone is 1. The van der Waals surface area contributed by atoms with Crippen molar-refractivity contribution >= 4 is 38.5 Å². The first-order chi connectivity index (χ1) is 22.9. The average Bonchev–Trinajstić information content (AvgIpc) is 3.99. The molecule has 3 amide bonds. The fourth-order valence-corrected chi connectivity index (χ4v) is 8.58. The lowest BCUT2D eigenvalue weighted by molar-refractivity contribution is -0.140. The minimum Gasteiger partial charge on any atom is -0.488 e. The first kappa shape index (κ1) is 32.9. The van der Waals surface area contributed by atoms with Crippen LogP contribution in [0.15, 0.2) is 42.6 Å². The van der Waals surface area contributed by atoms with Gasteiger partial charge < -0.3 is 19.7 Å². The van der Waals surface area contributed by atoms with Crippen LogP contribution in [0.2, 0.25) is 0 Å². The maximum atomic E-state index is 14.2. The quantitative estimate of drug-likeness (QED) is 0.411. The minimum atomic E-state index is -3.91. The molecule has 3 heterocycles. The number of nitrogens with zero attached hydrogens (tertiary/aromatic N) is 2. The van der Waals surface area contributed by atoms with Crippen LogP contribution < -0.4 is 19.5 Å². The molecule has 2 N–H and O–H groups in total. The molecule has 2 aromatic rings. The fourth-order valence-electron chi connectivity index (χ4n) is 7.27. The Kier molecular flexibility index (Phi) is 8.44. The average molecular weight is 679 g/mol. The molecule has 3 saturated carbocycles. The van der Waals surface area contributed by atoms with Gasteiger partial charge in [-0.2, -0.15) is 0 Å². The summed E-state index contributed by atoms with van der Waals surface area (Å²) in [7, 11) is -3.91. The number of pyridine rings is 1. The van der Waals surface area contributed by atoms with Gasteiger partial charge in [0.2, 0.25) is 27.7 Å². The molecular formula is C36H46N4O7S. The van der Waals surface area contributed by atoms with Crippen molar-refractivity contribution in [3.05, 3.63) is 42.6 Å². The Bertz CT molecular complexity index is 1750. The van der Waals surface area contributed by atoms with E-state index in [9.17, 15) is 22.8 Å². The molecule has 7 rings (SSSR count). The van der Waals surface area contributed by atoms with Crippen molar-refractivity contribution in [3.63, 3.8) is 0 Å². The number of amides is 3. The molecule has 12 heteroatoms. The highest BCUT2D eigenvalue weighted by atomic mass is 32.2. The van der Waals surface area contributed by atoms with Crippen molar-refractivity contribution in [1.82, 2.24) is 19.9 Å². The molecule has 2 aliphatic heterocycles. The van der Waals surface area contributed by atoms with Gasteiger partial charge in [0.05, 0.1) is 23.6 Å². The van der Waals surface area contributed by atoms with Crippen LogP contribution in [0.4, 0.5) is 0 Å². The van der Waals surface area contributed by atoms with E-state index in [1.807, 2.05) is 36.4 Å². The molecule has 0 unspecified atom stereocenters. The molecule has 258 valence electrons. The lowest BCUT2D eigenvalue weighted by atomic mass is 9.91. The topological polar surface area (TPSA) is 144 Å². The van der Waals surface area contributed by atoms with E-state index in [1.54, 1.807) is 18.0 Å². The highest BCUT2D eigenvalue weighted by Gasteiger charge is 2.63. The third-order valence-electron chi connectivity index (χ3n) is 10.8. The highest BCUT2D eigenvalue weighted by Crippen LogP contribution is 2.47. The molecule has 6 atom stereocenters. The number of benzene rings is 1. The molecule has 1 aromatic heterocycles. The predicted molar refractivity (Wildman–Crippen MR) is 180 cm³/mol. The van der Waals surface area contributed by atoms with Gasteiger partial charge in [-0.15, -0.1) is 0 Å². The lowest BCUT2D eigenvalue weighted by Gasteiger charge is -2.28. The fraction of sp³-hybridized carbons (Fsp3) is 0.611. The van der Waals surface area contributed by atoms with Crippen molar-refractivity contribution in [2.45, 2.75) is 114 Å². The SMILES string of the molecule is C[C@@H]1CC/C=C\[C@@H]2C[C@@]2(C(=O)NS(=O)(=O)C2(C)CC2)NC(=O)[C@@H]2C[C@@H](Oc3ncc(OC4CC4)c4ccccc34)CN2C(=O)C[C@H](C)C1. The van der Waals surface area contributed by atoms with Crippen LogP contribution >= 0.6 is 0 Å². The molecule has 11 nitrogen and oxygen atoms in total. The summed E-state index contributed by atoms with van der Waals surface area (Å²) in [6.07, 6.45) is 11.7. The number of fused-ring (bicyclic) bond motifs is 3. The third kappa shape index (κ3) is 6.52. The van der Waals surface area contributed by atoms with Gasteiger partial charge in [-0.3, -0.25) is 19.1 Å². The molecule has 3 aliphatic carbocycles. The summed E-state index contributed by atoms with van der Waals surface area (Å²) >= 11 is 0. The number of carbonyl (C=O) groups is 3. The zero-order valence-electron chi connectivity index (χ0n) is 27.9. The van der Waals surface area contributed by atoms with Crippen molar-refractivity contribution < 1.29 is 32.3 Å². The number of carbonyl (C=O) groups excluding carboxylic acids is 3. The molecular weight excluding hydrogens is 632 g/mol. The van der Waals surface area contributed by atoms with Crippen molar-refractivity contribution in [3.8, 4) is 11.6 Å². The number of hydrogen-bond acceptors (Lipinski definition) is 8. The number of aromatic nitrogens is 1. The Morgan fingerprint density at radius 3 is 2.50 bits per heavy atom. The molecule has 0 spiro atoms. The van der Waals surface area contributed by atoms with E-state index in [2.05, 4.69) is 28.9 Å². The molecule has 48 heavy (non-hydrogen) atoms. The van der Waals surface area contributed by atoms with Gasteiger partial charge in [-0.1, -0.05) is 44.2 Å². The number of rotatable bonds is 7. The minimum absolute atomic E-state index is 0.120. The second-order valence-electron chi connectivity index (χ2n) is 15.1. The number of hydrogen-bond donors (Lipinski definition) is 2. The van der Waals surface area contributed by atoms with Crippen LogP contribution in [0.1, 0.15) is 85.0 Å². The van der Waals surface area contributed by atoms with Crippen LogP contribution in [-0.4, -0.2) is 71.1 Å². The van der Waals surface area contributed by atoms with E-state index < -0.39 is 44.3 Å². The Labute approximate surface area is 282 Å². The van der Waals surface area contributed by atoms with Gasteiger partial charge in [-0.25, -0.2) is 13.4 Å². The summed E-state index contributed by atoms with van der Waals surface area (Å²) in [6, 6.07) is 6.84. The number of ether oxygens (including phenoxy) is 2. The summed E-state index contributed by atoms with van der Waals surface area (Å²) in [6.45, 7) is 6.05. The van der Waals surface area contributed by atoms with Gasteiger partial charge >= 0.3 is 0 Å². The summed E-state index contributed by atoms with van der Waals surface area (Å²) < 4.78 is 39.9. The van der Waals surface area contributed by atoms with E-state index in [-0.39, 0.29) is 49.7 Å². The summed E-state index contributed by atoms with van der Waals surface area (Å²) in [5.41, 5.74) is -1.41. The Balaban J connectivity index is 1.15. The Morgan fingerprint density at radius 2 is 1.77 bits per heavy atom. The summed E-state index contributed by atoms with van der Waals surface area (Å²) in [4.78, 5) is 47.9. The van der Waals surface area contributed by atoms with E-state index in [4.69, 9.17) is 9.47 Å². The molecule has 0 radical (unpaired) electrons. The van der Waals surface area contributed by atoms with E-state index in [0.717, 1.165) is 42.9 Å². The van der Waals surface area contributed by atoms with Crippen molar-refractivity contribution in [2.24, 2.45) is 17.8 Å². The molecule has 1 aromatic carbocycles. The van der Waals surface area contributed by atoms with E-state index in [1.165, 1.54) is 0 Å². The Morgan fingerprint density at radius 1 is 1.02 bits per heavy atom. The molecule has 5 aliphatic rings. The van der Waals surface area contributed by atoms with Crippen LogP contribution in [0.25, 0.3) is 10.8 Å². The van der Waals surface area contributed by atoms with Gasteiger partial charge in [0.1, 0.15) is 23.4 Å². The van der Waals surface area contributed by atoms with Crippen LogP contribution in [0, 0.1) is 17.8 Å².